The van der Waals surface area contributed by atoms with E-state index < -0.39 is 6.09 Å². The molecule has 124 valence electrons. The summed E-state index contributed by atoms with van der Waals surface area (Å²) in [6, 6.07) is 22.2. The monoisotopic (exact) mass is 332 g/mol. The molecule has 25 heavy (non-hydrogen) atoms. The second-order valence-corrected chi connectivity index (χ2v) is 5.30. The molecule has 3 rings (SSSR count). The van der Waals surface area contributed by atoms with Gasteiger partial charge in [0.05, 0.1) is 11.4 Å². The van der Waals surface area contributed by atoms with E-state index in [1.54, 1.807) is 12.1 Å². The highest BCUT2D eigenvalue weighted by Gasteiger charge is 2.10. The van der Waals surface area contributed by atoms with Crippen molar-refractivity contribution in [3.8, 4) is 11.3 Å². The number of carbonyl (C=O) groups is 2. The lowest BCUT2D eigenvalue weighted by Crippen LogP contribution is -2.15. The first kappa shape index (κ1) is 16.4. The van der Waals surface area contributed by atoms with E-state index in [9.17, 15) is 9.59 Å². The van der Waals surface area contributed by atoms with Crippen molar-refractivity contribution >= 4 is 18.1 Å². The molecule has 0 spiro atoms. The Morgan fingerprint density at radius 2 is 1.64 bits per heavy atom. The van der Waals surface area contributed by atoms with Gasteiger partial charge < -0.3 is 4.74 Å². The van der Waals surface area contributed by atoms with Gasteiger partial charge in [-0.2, -0.15) is 0 Å². The number of nitrogens with zero attached hydrogens (tertiary/aromatic N) is 1. The molecule has 0 saturated carbocycles. The van der Waals surface area contributed by atoms with Gasteiger partial charge in [-0.3, -0.25) is 10.1 Å². The van der Waals surface area contributed by atoms with E-state index in [1.807, 2.05) is 60.7 Å². The number of hydrogen-bond acceptors (Lipinski definition) is 4. The Labute approximate surface area is 145 Å². The van der Waals surface area contributed by atoms with Gasteiger partial charge in [-0.1, -0.05) is 60.7 Å². The van der Waals surface area contributed by atoms with E-state index in [0.717, 1.165) is 11.1 Å². The molecule has 0 aliphatic carbocycles. The number of amides is 1. The van der Waals surface area contributed by atoms with Gasteiger partial charge in [0.2, 0.25) is 0 Å². The van der Waals surface area contributed by atoms with Crippen LogP contribution in [-0.4, -0.2) is 17.4 Å². The molecule has 3 aromatic rings. The summed E-state index contributed by atoms with van der Waals surface area (Å²) in [4.78, 5) is 27.5. The predicted molar refractivity (Wildman–Crippen MR) is 95.3 cm³/mol. The average Bonchev–Trinajstić information content (AvgIpc) is 2.68. The highest BCUT2D eigenvalue weighted by atomic mass is 16.5. The number of ether oxygens (including phenoxy) is 1. The van der Waals surface area contributed by atoms with Crippen molar-refractivity contribution in [3.63, 3.8) is 0 Å². The summed E-state index contributed by atoms with van der Waals surface area (Å²) in [6.07, 6.45) is -0.0274. The van der Waals surface area contributed by atoms with Crippen LogP contribution < -0.4 is 5.32 Å². The van der Waals surface area contributed by atoms with Crippen molar-refractivity contribution in [1.82, 2.24) is 4.98 Å². The summed E-state index contributed by atoms with van der Waals surface area (Å²) in [6.45, 7) is 0.151. The number of pyridine rings is 1. The average molecular weight is 332 g/mol. The molecule has 0 aliphatic heterocycles. The highest BCUT2D eigenvalue weighted by Crippen LogP contribution is 2.21. The van der Waals surface area contributed by atoms with E-state index in [2.05, 4.69) is 10.3 Å². The van der Waals surface area contributed by atoms with Crippen LogP contribution in [0.15, 0.2) is 72.8 Å². The van der Waals surface area contributed by atoms with E-state index in [4.69, 9.17) is 4.74 Å². The normalized spacial score (nSPS) is 10.1. The molecular formula is C20H16N2O3. The molecule has 1 heterocycles. The van der Waals surface area contributed by atoms with Crippen LogP contribution >= 0.6 is 0 Å². The number of aldehydes is 1. The SMILES string of the molecule is O=Cc1nc(-c2ccccc2)ccc1NC(=O)OCc1ccccc1. The zero-order valence-corrected chi connectivity index (χ0v) is 13.4. The second kappa shape index (κ2) is 7.88. The Hall–Kier alpha value is -3.47. The zero-order chi connectivity index (χ0) is 17.5. The van der Waals surface area contributed by atoms with E-state index >= 15 is 0 Å². The lowest BCUT2D eigenvalue weighted by Gasteiger charge is -2.10. The van der Waals surface area contributed by atoms with Gasteiger partial charge in [-0.25, -0.2) is 9.78 Å². The molecule has 2 aromatic carbocycles. The molecule has 1 aromatic heterocycles. The zero-order valence-electron chi connectivity index (χ0n) is 13.4. The number of hydrogen-bond donors (Lipinski definition) is 1. The van der Waals surface area contributed by atoms with Crippen LogP contribution in [-0.2, 0) is 11.3 Å². The molecule has 5 nitrogen and oxygen atoms in total. The molecule has 0 saturated heterocycles. The molecule has 1 amide bonds. The van der Waals surface area contributed by atoms with E-state index in [1.165, 1.54) is 0 Å². The third-order valence-corrected chi connectivity index (χ3v) is 3.56. The van der Waals surface area contributed by atoms with E-state index in [0.29, 0.717) is 17.7 Å². The number of anilines is 1. The first-order chi connectivity index (χ1) is 12.3. The van der Waals surface area contributed by atoms with Crippen LogP contribution in [0.3, 0.4) is 0 Å². The minimum Gasteiger partial charge on any atom is -0.444 e. The molecule has 5 heteroatoms. The fourth-order valence-corrected chi connectivity index (χ4v) is 2.31. The third kappa shape index (κ3) is 4.29. The Kier molecular flexibility index (Phi) is 5.16. The summed E-state index contributed by atoms with van der Waals surface area (Å²) < 4.78 is 5.15. The number of benzene rings is 2. The van der Waals surface area contributed by atoms with Gasteiger partial charge in [0.15, 0.2) is 6.29 Å². The number of rotatable bonds is 5. The first-order valence-corrected chi connectivity index (χ1v) is 7.75. The Morgan fingerprint density at radius 3 is 2.32 bits per heavy atom. The lowest BCUT2D eigenvalue weighted by molar-refractivity contribution is 0.112. The highest BCUT2D eigenvalue weighted by molar-refractivity contribution is 5.92. The standard InChI is InChI=1S/C20H16N2O3/c23-13-19-18(12-11-17(21-19)16-9-5-2-6-10-16)22-20(24)25-14-15-7-3-1-4-8-15/h1-13H,14H2,(H,22,24). The van der Waals surface area contributed by atoms with Crippen LogP contribution in [0.5, 0.6) is 0 Å². The van der Waals surface area contributed by atoms with Gasteiger partial charge in [0.1, 0.15) is 12.3 Å². The van der Waals surface area contributed by atoms with Crippen LogP contribution in [0.25, 0.3) is 11.3 Å². The third-order valence-electron chi connectivity index (χ3n) is 3.56. The predicted octanol–water partition coefficient (Wildman–Crippen LogP) is 4.31. The van der Waals surface area contributed by atoms with Gasteiger partial charge in [0.25, 0.3) is 0 Å². The summed E-state index contributed by atoms with van der Waals surface area (Å²) in [5.74, 6) is 0. The maximum atomic E-state index is 11.9. The van der Waals surface area contributed by atoms with Crippen molar-refractivity contribution in [2.75, 3.05) is 5.32 Å². The maximum Gasteiger partial charge on any atom is 0.412 e. The topological polar surface area (TPSA) is 68.3 Å². The van der Waals surface area contributed by atoms with Crippen molar-refractivity contribution in [2.45, 2.75) is 6.61 Å². The van der Waals surface area contributed by atoms with E-state index in [-0.39, 0.29) is 12.3 Å². The van der Waals surface area contributed by atoms with Crippen LogP contribution in [0.2, 0.25) is 0 Å². The minimum absolute atomic E-state index is 0.151. The largest absolute Gasteiger partial charge is 0.444 e. The van der Waals surface area contributed by atoms with Gasteiger partial charge >= 0.3 is 6.09 Å². The maximum absolute atomic E-state index is 11.9. The van der Waals surface area contributed by atoms with Gasteiger partial charge in [-0.15, -0.1) is 0 Å². The number of aromatic nitrogens is 1. The van der Waals surface area contributed by atoms with Gasteiger partial charge in [0, 0.05) is 5.56 Å². The molecule has 0 unspecified atom stereocenters. The lowest BCUT2D eigenvalue weighted by atomic mass is 10.1. The fourth-order valence-electron chi connectivity index (χ4n) is 2.31. The second-order valence-electron chi connectivity index (χ2n) is 5.30. The molecular weight excluding hydrogens is 316 g/mol. The molecule has 0 radical (unpaired) electrons. The first-order valence-electron chi connectivity index (χ1n) is 7.75. The molecule has 0 fully saturated rings. The molecule has 0 atom stereocenters. The summed E-state index contributed by atoms with van der Waals surface area (Å²) in [5.41, 5.74) is 2.89. The molecule has 0 aliphatic rings. The van der Waals surface area contributed by atoms with Crippen molar-refractivity contribution in [1.29, 1.82) is 0 Å². The van der Waals surface area contributed by atoms with Crippen LogP contribution in [0, 0.1) is 0 Å². The quantitative estimate of drug-likeness (QED) is 0.707. The fraction of sp³-hybridized carbons (Fsp3) is 0.0500. The minimum atomic E-state index is -0.638. The van der Waals surface area contributed by atoms with Crippen molar-refractivity contribution in [2.24, 2.45) is 0 Å². The summed E-state index contributed by atoms with van der Waals surface area (Å²) in [5, 5.41) is 2.56. The number of carbonyl (C=O) groups excluding carboxylic acids is 2. The Morgan fingerprint density at radius 1 is 0.960 bits per heavy atom. The smallest absolute Gasteiger partial charge is 0.412 e. The van der Waals surface area contributed by atoms with Crippen molar-refractivity contribution in [3.05, 3.63) is 84.1 Å². The molecule has 0 bridgehead atoms. The van der Waals surface area contributed by atoms with Crippen LogP contribution in [0.4, 0.5) is 10.5 Å². The van der Waals surface area contributed by atoms with Gasteiger partial charge in [-0.05, 0) is 17.7 Å². The Balaban J connectivity index is 1.69. The van der Waals surface area contributed by atoms with Crippen LogP contribution in [0.1, 0.15) is 16.1 Å². The Bertz CT molecular complexity index is 865. The summed E-state index contributed by atoms with van der Waals surface area (Å²) >= 11 is 0. The number of nitrogens with one attached hydrogen (secondary N) is 1. The summed E-state index contributed by atoms with van der Waals surface area (Å²) in [7, 11) is 0. The molecule has 1 N–H and O–H groups in total. The van der Waals surface area contributed by atoms with Crippen molar-refractivity contribution < 1.29 is 14.3 Å².